The van der Waals surface area contributed by atoms with E-state index in [1.807, 2.05) is 102 Å². The van der Waals surface area contributed by atoms with Gasteiger partial charge in [-0.1, -0.05) is 87.5 Å². The molecular formula is C44H42N2O6. The number of ether oxygens (including phenoxy) is 3. The summed E-state index contributed by atoms with van der Waals surface area (Å²) >= 11 is 0. The highest BCUT2D eigenvalue weighted by Gasteiger charge is 2.65. The molecular weight excluding hydrogens is 652 g/mol. The molecule has 264 valence electrons. The monoisotopic (exact) mass is 694 g/mol. The van der Waals surface area contributed by atoms with Crippen LogP contribution in [0, 0.1) is 11.8 Å². The van der Waals surface area contributed by atoms with Crippen molar-refractivity contribution in [1.82, 2.24) is 0 Å². The van der Waals surface area contributed by atoms with Crippen molar-refractivity contribution in [3.05, 3.63) is 144 Å². The number of para-hydroxylation sites is 4. The Morgan fingerprint density at radius 1 is 0.827 bits per heavy atom. The van der Waals surface area contributed by atoms with E-state index in [2.05, 4.69) is 32.9 Å². The summed E-state index contributed by atoms with van der Waals surface area (Å²) in [7, 11) is 1.65. The van der Waals surface area contributed by atoms with Gasteiger partial charge >= 0.3 is 0 Å². The lowest BCUT2D eigenvalue weighted by atomic mass is 9.63. The second-order valence-electron chi connectivity index (χ2n) is 14.5. The van der Waals surface area contributed by atoms with Crippen molar-refractivity contribution in [1.29, 1.82) is 0 Å². The first-order valence-electron chi connectivity index (χ1n) is 17.8. The predicted molar refractivity (Wildman–Crippen MR) is 200 cm³/mol. The van der Waals surface area contributed by atoms with Gasteiger partial charge < -0.3 is 24.2 Å². The van der Waals surface area contributed by atoms with E-state index < -0.39 is 11.0 Å². The van der Waals surface area contributed by atoms with Gasteiger partial charge in [0.05, 0.1) is 36.7 Å². The van der Waals surface area contributed by atoms with E-state index in [-0.39, 0.29) is 42.9 Å². The number of carbonyl (C=O) groups is 2. The lowest BCUT2D eigenvalue weighted by molar-refractivity contribution is -0.146. The first kappa shape index (κ1) is 33.7. The number of carbonyl (C=O) groups excluding carboxylic acids is 2. The molecule has 0 aromatic heterocycles. The van der Waals surface area contributed by atoms with Crippen LogP contribution in [0.1, 0.15) is 54.2 Å². The number of methoxy groups -OCH3 is 1. The molecule has 0 radical (unpaired) electrons. The molecule has 0 bridgehead atoms. The number of aliphatic hydroxyl groups excluding tert-OH is 1. The number of aliphatic hydroxyl groups is 1. The zero-order valence-corrected chi connectivity index (χ0v) is 29.8. The van der Waals surface area contributed by atoms with E-state index in [0.717, 1.165) is 28.1 Å². The number of rotatable bonds is 8. The van der Waals surface area contributed by atoms with Gasteiger partial charge in [0.2, 0.25) is 0 Å². The molecule has 8 heteroatoms. The first-order chi connectivity index (χ1) is 25.2. The largest absolute Gasteiger partial charge is 0.497 e. The summed E-state index contributed by atoms with van der Waals surface area (Å²) in [4.78, 5) is 32.7. The minimum Gasteiger partial charge on any atom is -0.497 e. The molecule has 1 fully saturated rings. The molecule has 3 aliphatic rings. The third-order valence-electron chi connectivity index (χ3n) is 11.3. The average Bonchev–Trinajstić information content (AvgIpc) is 3.53. The van der Waals surface area contributed by atoms with Gasteiger partial charge in [-0.05, 0) is 77.6 Å². The van der Waals surface area contributed by atoms with Crippen molar-refractivity contribution in [2.75, 3.05) is 23.5 Å². The Morgan fingerprint density at radius 2 is 1.52 bits per heavy atom. The Morgan fingerprint density at radius 3 is 2.27 bits per heavy atom. The standard InChI is InChI=1S/C44H42N2O6/c1-28-40(43(2,3)30-20-22-32(50-4)23-21-30)39(24-25-47)52-44(28)34-15-6-7-16-35(34)45(42(44)49)27-29-12-11-13-31(26-29)46-36-17-8-10-19-38(36)51-37-18-9-5-14-33(37)41(46)48/h5-23,26,28,39-40,47H,24-25,27H2,1-4H3/t28-,39+,40-,44+/m1/s1. The highest BCUT2D eigenvalue weighted by molar-refractivity contribution is 6.14. The maximum absolute atomic E-state index is 15.1. The number of fused-ring (bicyclic) bond motifs is 4. The highest BCUT2D eigenvalue weighted by atomic mass is 16.5. The Labute approximate surface area is 304 Å². The first-order valence-corrected chi connectivity index (χ1v) is 17.8. The molecule has 3 heterocycles. The molecule has 52 heavy (non-hydrogen) atoms. The SMILES string of the molecule is COc1ccc(C(C)(C)[C@H]2[C@H](CCO)O[C@@]3(C(=O)N(Cc4cccc(N5C(=O)c6ccccc6Oc6ccccc65)c4)c4ccccc43)[C@@H]2C)cc1. The molecule has 0 aliphatic carbocycles. The van der Waals surface area contributed by atoms with Crippen LogP contribution < -0.4 is 19.3 Å². The minimum absolute atomic E-state index is 0.0527. The van der Waals surface area contributed by atoms with E-state index in [1.165, 1.54) is 0 Å². The van der Waals surface area contributed by atoms with Gasteiger partial charge in [-0.2, -0.15) is 0 Å². The molecule has 1 saturated heterocycles. The fourth-order valence-electron chi connectivity index (χ4n) is 8.86. The zero-order valence-electron chi connectivity index (χ0n) is 29.8. The third-order valence-corrected chi connectivity index (χ3v) is 11.3. The molecule has 1 N–H and O–H groups in total. The maximum Gasteiger partial charge on any atom is 0.266 e. The zero-order chi connectivity index (χ0) is 36.2. The molecule has 0 unspecified atom stereocenters. The van der Waals surface area contributed by atoms with Crippen molar-refractivity contribution < 1.29 is 28.9 Å². The van der Waals surface area contributed by atoms with Gasteiger partial charge in [0, 0.05) is 29.7 Å². The van der Waals surface area contributed by atoms with E-state index in [9.17, 15) is 9.90 Å². The molecule has 5 aromatic rings. The number of hydrogen-bond acceptors (Lipinski definition) is 6. The van der Waals surface area contributed by atoms with Crippen molar-refractivity contribution >= 4 is 28.9 Å². The van der Waals surface area contributed by atoms with Gasteiger partial charge in [-0.3, -0.25) is 14.5 Å². The molecule has 0 saturated carbocycles. The predicted octanol–water partition coefficient (Wildman–Crippen LogP) is 8.53. The van der Waals surface area contributed by atoms with Crippen LogP contribution in [-0.4, -0.2) is 36.7 Å². The van der Waals surface area contributed by atoms with Crippen LogP contribution in [0.15, 0.2) is 121 Å². The highest BCUT2D eigenvalue weighted by Crippen LogP contribution is 2.60. The summed E-state index contributed by atoms with van der Waals surface area (Å²) in [6, 6.07) is 38.5. The topological polar surface area (TPSA) is 88.5 Å². The molecule has 3 aliphatic heterocycles. The number of amides is 2. The Bertz CT molecular complexity index is 2160. The smallest absolute Gasteiger partial charge is 0.266 e. The Kier molecular flexibility index (Phi) is 8.39. The second-order valence-corrected chi connectivity index (χ2v) is 14.5. The maximum atomic E-state index is 15.1. The van der Waals surface area contributed by atoms with Crippen molar-refractivity contribution in [3.63, 3.8) is 0 Å². The summed E-state index contributed by atoms with van der Waals surface area (Å²) < 4.78 is 18.7. The fourth-order valence-corrected chi connectivity index (χ4v) is 8.86. The summed E-state index contributed by atoms with van der Waals surface area (Å²) in [6.45, 7) is 6.73. The van der Waals surface area contributed by atoms with Gasteiger partial charge in [0.25, 0.3) is 11.8 Å². The van der Waals surface area contributed by atoms with Crippen LogP contribution in [0.2, 0.25) is 0 Å². The fraction of sp³-hybridized carbons (Fsp3) is 0.273. The number of hydrogen-bond donors (Lipinski definition) is 1. The van der Waals surface area contributed by atoms with Crippen LogP contribution in [0.3, 0.4) is 0 Å². The van der Waals surface area contributed by atoms with E-state index >= 15 is 4.79 Å². The molecule has 1 spiro atoms. The minimum atomic E-state index is -1.23. The summed E-state index contributed by atoms with van der Waals surface area (Å²) in [6.07, 6.45) is 0.0445. The quantitative estimate of drug-likeness (QED) is 0.175. The molecule has 4 atom stereocenters. The molecule has 5 aromatic carbocycles. The van der Waals surface area contributed by atoms with Gasteiger partial charge in [-0.15, -0.1) is 0 Å². The lowest BCUT2D eigenvalue weighted by Gasteiger charge is -2.38. The summed E-state index contributed by atoms with van der Waals surface area (Å²) in [5.74, 6) is 1.22. The molecule has 2 amide bonds. The van der Waals surface area contributed by atoms with Crippen molar-refractivity contribution in [2.45, 2.75) is 50.9 Å². The van der Waals surface area contributed by atoms with Crippen LogP contribution >= 0.6 is 0 Å². The Hall–Kier alpha value is -5.44. The van der Waals surface area contributed by atoms with E-state index in [4.69, 9.17) is 14.2 Å². The lowest BCUT2D eigenvalue weighted by Crippen LogP contribution is -2.45. The van der Waals surface area contributed by atoms with Gasteiger partial charge in [0.15, 0.2) is 11.4 Å². The van der Waals surface area contributed by atoms with Gasteiger partial charge in [0.1, 0.15) is 11.5 Å². The molecule has 8 nitrogen and oxygen atoms in total. The van der Waals surface area contributed by atoms with E-state index in [1.54, 1.807) is 24.1 Å². The number of benzene rings is 5. The van der Waals surface area contributed by atoms with Crippen molar-refractivity contribution in [3.8, 4) is 17.2 Å². The van der Waals surface area contributed by atoms with Crippen molar-refractivity contribution in [2.24, 2.45) is 11.8 Å². The number of nitrogens with zero attached hydrogens (tertiary/aromatic N) is 2. The van der Waals surface area contributed by atoms with Gasteiger partial charge in [-0.25, -0.2) is 0 Å². The van der Waals surface area contributed by atoms with E-state index in [0.29, 0.717) is 34.9 Å². The molecule has 8 rings (SSSR count). The van der Waals surface area contributed by atoms with Crippen LogP contribution in [-0.2, 0) is 27.1 Å². The summed E-state index contributed by atoms with van der Waals surface area (Å²) in [5.41, 5.74) is 3.74. The third kappa shape index (κ3) is 5.20. The Balaban J connectivity index is 1.16. The van der Waals surface area contributed by atoms with Crippen LogP contribution in [0.4, 0.5) is 17.1 Å². The average molecular weight is 695 g/mol. The number of anilines is 3. The van der Waals surface area contributed by atoms with Crippen LogP contribution in [0.5, 0.6) is 17.2 Å². The van der Waals surface area contributed by atoms with Crippen LogP contribution in [0.25, 0.3) is 0 Å². The second kappa shape index (κ2) is 13.0. The normalized spacial score (nSPS) is 22.1. The summed E-state index contributed by atoms with van der Waals surface area (Å²) in [5, 5.41) is 10.2.